The first-order chi connectivity index (χ1) is 15.2. The van der Waals surface area contributed by atoms with Crippen molar-refractivity contribution in [3.8, 4) is 0 Å². The van der Waals surface area contributed by atoms with Crippen molar-refractivity contribution in [2.24, 2.45) is 0 Å². The second-order valence-corrected chi connectivity index (χ2v) is 9.08. The molecule has 0 aliphatic carbocycles. The van der Waals surface area contributed by atoms with E-state index in [-0.39, 0.29) is 39.3 Å². The van der Waals surface area contributed by atoms with E-state index in [1.165, 1.54) is 6.07 Å². The first-order valence-corrected chi connectivity index (χ1v) is 11.6. The van der Waals surface area contributed by atoms with Crippen LogP contribution in [0, 0.1) is 6.92 Å². The number of carboxylic acids is 1. The van der Waals surface area contributed by atoms with Crippen LogP contribution in [0.1, 0.15) is 39.5 Å². The molecule has 1 saturated heterocycles. The fourth-order valence-electron chi connectivity index (χ4n) is 3.21. The number of anilines is 1. The Morgan fingerprint density at radius 3 is 2.56 bits per heavy atom. The molecule has 0 saturated carbocycles. The van der Waals surface area contributed by atoms with E-state index < -0.39 is 18.7 Å². The van der Waals surface area contributed by atoms with Crippen molar-refractivity contribution in [3.05, 3.63) is 33.2 Å². The maximum Gasteiger partial charge on any atom is 0.354 e. The van der Waals surface area contributed by atoms with E-state index in [1.54, 1.807) is 6.92 Å². The van der Waals surface area contributed by atoms with Crippen molar-refractivity contribution in [2.75, 3.05) is 30.3 Å². The highest BCUT2D eigenvalue weighted by Gasteiger charge is 2.26. The Hall–Kier alpha value is -2.05. The lowest BCUT2D eigenvalue weighted by Gasteiger charge is -2.33. The predicted molar refractivity (Wildman–Crippen MR) is 121 cm³/mol. The van der Waals surface area contributed by atoms with Gasteiger partial charge in [-0.3, -0.25) is 4.79 Å². The minimum atomic E-state index is -1.18. The Labute approximate surface area is 198 Å². The number of nitrogens with zero attached hydrogens (tertiary/aromatic N) is 3. The lowest BCUT2D eigenvalue weighted by molar-refractivity contribution is 0.0689. The number of thioether (sulfide) groups is 1. The van der Waals surface area contributed by atoms with Crippen molar-refractivity contribution in [2.45, 2.75) is 37.1 Å². The summed E-state index contributed by atoms with van der Waals surface area (Å²) >= 11 is 13.2. The van der Waals surface area contributed by atoms with Crippen LogP contribution in [0.3, 0.4) is 0 Å². The zero-order valence-corrected chi connectivity index (χ0v) is 19.5. The van der Waals surface area contributed by atoms with Gasteiger partial charge in [0.2, 0.25) is 0 Å². The SMILES string of the molecule is Cc1[nH]c(C(=O)NC2CCN(c3cc(C(=O)O)nc(SCC(O)CO)n3)CC2)c(Cl)c1Cl. The van der Waals surface area contributed by atoms with E-state index >= 15 is 0 Å². The number of aliphatic hydroxyl groups is 2. The fourth-order valence-corrected chi connectivity index (χ4v) is 4.40. The highest BCUT2D eigenvalue weighted by atomic mass is 35.5. The number of carboxylic acid groups (broad SMARTS) is 1. The van der Waals surface area contributed by atoms with Crippen LogP contribution in [0.25, 0.3) is 0 Å². The molecule has 1 atom stereocenters. The Morgan fingerprint density at radius 2 is 2.00 bits per heavy atom. The summed E-state index contributed by atoms with van der Waals surface area (Å²) in [6, 6.07) is 1.31. The van der Waals surface area contributed by atoms with Crippen molar-refractivity contribution >= 4 is 52.7 Å². The van der Waals surface area contributed by atoms with Crippen LogP contribution >= 0.6 is 35.0 Å². The smallest absolute Gasteiger partial charge is 0.354 e. The lowest BCUT2D eigenvalue weighted by Crippen LogP contribution is -2.45. The molecule has 32 heavy (non-hydrogen) atoms. The molecule has 0 bridgehead atoms. The van der Waals surface area contributed by atoms with E-state index in [9.17, 15) is 19.8 Å². The molecule has 2 aromatic heterocycles. The summed E-state index contributed by atoms with van der Waals surface area (Å²) in [5.74, 6) is -0.923. The van der Waals surface area contributed by atoms with Crippen LogP contribution in [-0.2, 0) is 0 Å². The third kappa shape index (κ3) is 5.84. The molecule has 1 aliphatic heterocycles. The van der Waals surface area contributed by atoms with Gasteiger partial charge in [0.25, 0.3) is 5.91 Å². The van der Waals surface area contributed by atoms with Gasteiger partial charge in [0.15, 0.2) is 10.9 Å². The highest BCUT2D eigenvalue weighted by molar-refractivity contribution is 7.99. The fraction of sp³-hybridized carbons (Fsp3) is 0.474. The van der Waals surface area contributed by atoms with E-state index in [1.807, 2.05) is 4.90 Å². The van der Waals surface area contributed by atoms with Crippen molar-refractivity contribution in [1.29, 1.82) is 0 Å². The highest BCUT2D eigenvalue weighted by Crippen LogP contribution is 2.29. The molecular formula is C19H23Cl2N5O5S. The van der Waals surface area contributed by atoms with Gasteiger partial charge in [0, 0.05) is 36.6 Å². The zero-order valence-electron chi connectivity index (χ0n) is 17.1. The molecule has 0 radical (unpaired) electrons. The van der Waals surface area contributed by atoms with Gasteiger partial charge >= 0.3 is 5.97 Å². The van der Waals surface area contributed by atoms with Gasteiger partial charge < -0.3 is 30.5 Å². The number of aryl methyl sites for hydroxylation is 1. The average Bonchev–Trinajstić information content (AvgIpc) is 3.05. The molecule has 1 unspecified atom stereocenters. The first kappa shape index (κ1) is 24.6. The van der Waals surface area contributed by atoms with Crippen LogP contribution in [0.15, 0.2) is 11.2 Å². The summed E-state index contributed by atoms with van der Waals surface area (Å²) in [4.78, 5) is 37.2. The van der Waals surface area contributed by atoms with Crippen LogP contribution < -0.4 is 10.2 Å². The van der Waals surface area contributed by atoms with Crippen molar-refractivity contribution in [1.82, 2.24) is 20.3 Å². The molecule has 174 valence electrons. The number of carbonyl (C=O) groups is 2. The van der Waals surface area contributed by atoms with Gasteiger partial charge in [-0.15, -0.1) is 0 Å². The third-order valence-electron chi connectivity index (χ3n) is 4.96. The molecule has 5 N–H and O–H groups in total. The summed E-state index contributed by atoms with van der Waals surface area (Å²) in [6.45, 7) is 2.41. The van der Waals surface area contributed by atoms with E-state index in [0.717, 1.165) is 11.8 Å². The maximum atomic E-state index is 12.5. The Balaban J connectivity index is 1.64. The molecule has 1 aliphatic rings. The molecule has 0 spiro atoms. The number of rotatable bonds is 8. The topological polar surface area (TPSA) is 152 Å². The number of hydrogen-bond donors (Lipinski definition) is 5. The predicted octanol–water partition coefficient (Wildman–Crippen LogP) is 1.96. The molecule has 13 heteroatoms. The summed E-state index contributed by atoms with van der Waals surface area (Å²) < 4.78 is 0. The summed E-state index contributed by atoms with van der Waals surface area (Å²) in [5, 5.41) is 31.5. The summed E-state index contributed by atoms with van der Waals surface area (Å²) in [7, 11) is 0. The molecule has 2 aromatic rings. The second kappa shape index (κ2) is 10.7. The van der Waals surface area contributed by atoms with Crippen LogP contribution in [0.2, 0.25) is 10.0 Å². The number of piperidine rings is 1. The lowest BCUT2D eigenvalue weighted by atomic mass is 10.0. The van der Waals surface area contributed by atoms with Gasteiger partial charge in [0.05, 0.1) is 22.8 Å². The van der Waals surface area contributed by atoms with Crippen LogP contribution in [0.5, 0.6) is 0 Å². The average molecular weight is 504 g/mol. The van der Waals surface area contributed by atoms with E-state index in [0.29, 0.717) is 42.5 Å². The molecule has 3 heterocycles. The van der Waals surface area contributed by atoms with Gasteiger partial charge in [-0.25, -0.2) is 14.8 Å². The van der Waals surface area contributed by atoms with Crippen LogP contribution in [0.4, 0.5) is 5.82 Å². The molecule has 1 fully saturated rings. The second-order valence-electron chi connectivity index (χ2n) is 7.33. The summed E-state index contributed by atoms with van der Waals surface area (Å²) in [6.07, 6.45) is 0.288. The Bertz CT molecular complexity index is 997. The van der Waals surface area contributed by atoms with Crippen LogP contribution in [-0.4, -0.2) is 79.7 Å². The normalized spacial score (nSPS) is 15.6. The van der Waals surface area contributed by atoms with Crippen molar-refractivity contribution in [3.63, 3.8) is 0 Å². The largest absolute Gasteiger partial charge is 0.477 e. The molecule has 0 aromatic carbocycles. The Kier molecular flexibility index (Phi) is 8.23. The van der Waals surface area contributed by atoms with Gasteiger partial charge in [-0.2, -0.15) is 0 Å². The van der Waals surface area contributed by atoms with Gasteiger partial charge in [-0.1, -0.05) is 35.0 Å². The number of aliphatic hydroxyl groups excluding tert-OH is 2. The number of aromatic carboxylic acids is 1. The quantitative estimate of drug-likeness (QED) is 0.268. The summed E-state index contributed by atoms with van der Waals surface area (Å²) in [5.41, 5.74) is 0.695. The molecular weight excluding hydrogens is 481 g/mol. The standard InChI is InChI=1S/C19H23Cl2N5O5S/c1-9-14(20)15(21)16(22-9)17(29)23-10-2-4-26(5-3-10)13-6-12(18(30)31)24-19(25-13)32-8-11(28)7-27/h6,10-11,22,27-28H,2-5,7-8H2,1H3,(H,23,29)(H,30,31). The zero-order chi connectivity index (χ0) is 23.4. The number of hydrogen-bond acceptors (Lipinski definition) is 8. The molecule has 3 rings (SSSR count). The number of amides is 1. The third-order valence-corrected chi connectivity index (χ3v) is 6.90. The number of carbonyl (C=O) groups excluding carboxylic acids is 1. The Morgan fingerprint density at radius 1 is 1.31 bits per heavy atom. The number of H-pyrrole nitrogens is 1. The molecule has 1 amide bonds. The van der Waals surface area contributed by atoms with E-state index in [4.69, 9.17) is 28.3 Å². The number of nitrogens with one attached hydrogen (secondary N) is 2. The first-order valence-electron chi connectivity index (χ1n) is 9.83. The number of aromatic nitrogens is 3. The minimum absolute atomic E-state index is 0.0912. The monoisotopic (exact) mass is 503 g/mol. The van der Waals surface area contributed by atoms with E-state index in [2.05, 4.69) is 20.3 Å². The number of halogens is 2. The van der Waals surface area contributed by atoms with Crippen molar-refractivity contribution < 1.29 is 24.9 Å². The minimum Gasteiger partial charge on any atom is -0.477 e. The molecule has 10 nitrogen and oxygen atoms in total. The van der Waals surface area contributed by atoms with Gasteiger partial charge in [-0.05, 0) is 19.8 Å². The maximum absolute atomic E-state index is 12.5. The number of aromatic amines is 1. The van der Waals surface area contributed by atoms with Gasteiger partial charge in [0.1, 0.15) is 11.5 Å².